The van der Waals surface area contributed by atoms with E-state index in [2.05, 4.69) is 10.9 Å². The highest BCUT2D eigenvalue weighted by Crippen LogP contribution is 2.41. The van der Waals surface area contributed by atoms with Crippen LogP contribution < -0.4 is 10.9 Å². The number of anilines is 1. The molecule has 7 heteroatoms. The third kappa shape index (κ3) is 3.15. The molecule has 1 fully saturated rings. The summed E-state index contributed by atoms with van der Waals surface area (Å²) in [4.78, 5) is 14.4. The molecule has 0 atom stereocenters. The molecule has 2 aliphatic rings. The molecule has 3 aromatic rings. The predicted molar refractivity (Wildman–Crippen MR) is 115 cm³/mol. The first-order chi connectivity index (χ1) is 14.2. The Morgan fingerprint density at radius 1 is 0.966 bits per heavy atom. The number of halogens is 1. The third-order valence-electron chi connectivity index (χ3n) is 5.30. The van der Waals surface area contributed by atoms with E-state index in [4.69, 9.17) is 16.7 Å². The smallest absolute Gasteiger partial charge is 0.244 e. The van der Waals surface area contributed by atoms with Crippen molar-refractivity contribution in [3.8, 4) is 11.3 Å². The number of carbonyl (C=O) groups is 1. The molecule has 2 aromatic carbocycles. The van der Waals surface area contributed by atoms with E-state index in [0.29, 0.717) is 10.9 Å². The molecule has 0 bridgehead atoms. The molecule has 0 radical (unpaired) electrons. The minimum absolute atomic E-state index is 0.0666. The van der Waals surface area contributed by atoms with Crippen molar-refractivity contribution in [3.63, 3.8) is 0 Å². The molecular weight excluding hydrogens is 386 g/mol. The van der Waals surface area contributed by atoms with Crippen molar-refractivity contribution in [2.45, 2.75) is 13.0 Å². The molecule has 2 aliphatic heterocycles. The van der Waals surface area contributed by atoms with Gasteiger partial charge in [-0.3, -0.25) is 15.6 Å². The van der Waals surface area contributed by atoms with Gasteiger partial charge in [-0.25, -0.2) is 4.68 Å². The van der Waals surface area contributed by atoms with Crippen molar-refractivity contribution in [2.24, 2.45) is 0 Å². The SMILES string of the molecule is O=C(Cn1nc(-c2ccccc2)c2c1NNC(c1ccccc1)=C2Cl)N1CCC1. The number of hydrogen-bond donors (Lipinski definition) is 2. The van der Waals surface area contributed by atoms with Crippen molar-refractivity contribution in [1.82, 2.24) is 20.1 Å². The Bertz CT molecular complexity index is 1090. The van der Waals surface area contributed by atoms with Gasteiger partial charge in [0.05, 0.1) is 16.3 Å². The number of hydrazine groups is 1. The molecule has 1 aromatic heterocycles. The van der Waals surface area contributed by atoms with E-state index >= 15 is 0 Å². The van der Waals surface area contributed by atoms with Crippen LogP contribution >= 0.6 is 11.6 Å². The van der Waals surface area contributed by atoms with E-state index in [9.17, 15) is 4.79 Å². The van der Waals surface area contributed by atoms with Gasteiger partial charge >= 0.3 is 0 Å². The number of hydrogen-bond acceptors (Lipinski definition) is 4. The molecule has 29 heavy (non-hydrogen) atoms. The first-order valence-corrected chi connectivity index (χ1v) is 10.0. The van der Waals surface area contributed by atoms with Gasteiger partial charge in [-0.15, -0.1) is 0 Å². The Kier molecular flexibility index (Phi) is 4.48. The van der Waals surface area contributed by atoms with Crippen molar-refractivity contribution in [3.05, 3.63) is 71.8 Å². The van der Waals surface area contributed by atoms with Crippen LogP contribution in [0.15, 0.2) is 60.7 Å². The van der Waals surface area contributed by atoms with Gasteiger partial charge < -0.3 is 4.90 Å². The summed E-state index contributed by atoms with van der Waals surface area (Å²) in [7, 11) is 0. The maximum absolute atomic E-state index is 12.6. The summed E-state index contributed by atoms with van der Waals surface area (Å²) in [6.45, 7) is 1.81. The zero-order valence-electron chi connectivity index (χ0n) is 15.7. The van der Waals surface area contributed by atoms with Crippen LogP contribution in [-0.2, 0) is 11.3 Å². The summed E-state index contributed by atoms with van der Waals surface area (Å²) in [5.41, 5.74) is 10.7. The zero-order chi connectivity index (χ0) is 19.8. The number of fused-ring (bicyclic) bond motifs is 1. The van der Waals surface area contributed by atoms with E-state index in [1.165, 1.54) is 0 Å². The monoisotopic (exact) mass is 405 g/mol. The normalized spacial score (nSPS) is 15.3. The van der Waals surface area contributed by atoms with Crippen molar-refractivity contribution in [2.75, 3.05) is 18.5 Å². The molecule has 0 aliphatic carbocycles. The quantitative estimate of drug-likeness (QED) is 0.693. The van der Waals surface area contributed by atoms with Crippen LogP contribution in [0.3, 0.4) is 0 Å². The van der Waals surface area contributed by atoms with Gasteiger partial charge in [0, 0.05) is 24.2 Å². The molecule has 3 heterocycles. The Morgan fingerprint density at radius 3 is 2.24 bits per heavy atom. The predicted octanol–water partition coefficient (Wildman–Crippen LogP) is 3.78. The van der Waals surface area contributed by atoms with Crippen molar-refractivity contribution in [1.29, 1.82) is 0 Å². The van der Waals surface area contributed by atoms with Gasteiger partial charge in [0.25, 0.3) is 0 Å². The zero-order valence-corrected chi connectivity index (χ0v) is 16.5. The van der Waals surface area contributed by atoms with Gasteiger partial charge in [0.1, 0.15) is 12.2 Å². The average Bonchev–Trinajstić information content (AvgIpc) is 3.07. The Labute approximate surface area is 173 Å². The van der Waals surface area contributed by atoms with Crippen molar-refractivity contribution < 1.29 is 4.79 Å². The lowest BCUT2D eigenvalue weighted by atomic mass is 10.0. The van der Waals surface area contributed by atoms with Gasteiger partial charge in [-0.2, -0.15) is 5.10 Å². The molecule has 1 saturated heterocycles. The van der Waals surface area contributed by atoms with Crippen LogP contribution in [0.25, 0.3) is 22.0 Å². The Hall–Kier alpha value is -3.25. The fourth-order valence-corrected chi connectivity index (χ4v) is 3.94. The number of nitrogens with one attached hydrogen (secondary N) is 2. The number of benzene rings is 2. The largest absolute Gasteiger partial charge is 0.341 e. The molecule has 0 unspecified atom stereocenters. The number of amides is 1. The van der Waals surface area contributed by atoms with Crippen molar-refractivity contribution >= 4 is 34.1 Å². The fourth-order valence-electron chi connectivity index (χ4n) is 3.61. The Balaban J connectivity index is 1.63. The van der Waals surface area contributed by atoms with Crippen LogP contribution in [0.5, 0.6) is 0 Å². The van der Waals surface area contributed by atoms with E-state index in [1.807, 2.05) is 65.6 Å². The van der Waals surface area contributed by atoms with Crippen LogP contribution in [0.4, 0.5) is 5.82 Å². The number of rotatable bonds is 4. The third-order valence-corrected chi connectivity index (χ3v) is 5.68. The molecule has 6 nitrogen and oxygen atoms in total. The molecule has 1 amide bonds. The maximum atomic E-state index is 12.6. The highest BCUT2D eigenvalue weighted by molar-refractivity contribution is 6.53. The summed E-state index contributed by atoms with van der Waals surface area (Å²) >= 11 is 6.88. The number of aromatic nitrogens is 2. The summed E-state index contributed by atoms with van der Waals surface area (Å²) in [6.07, 6.45) is 1.06. The van der Waals surface area contributed by atoms with Gasteiger partial charge in [0.15, 0.2) is 5.82 Å². The topological polar surface area (TPSA) is 62.2 Å². The number of likely N-dealkylation sites (tertiary alicyclic amines) is 1. The summed E-state index contributed by atoms with van der Waals surface area (Å²) in [6, 6.07) is 19.8. The second kappa shape index (κ2) is 7.29. The molecular formula is C22H20ClN5O. The molecule has 146 valence electrons. The second-order valence-electron chi connectivity index (χ2n) is 7.14. The van der Waals surface area contributed by atoms with Crippen LogP contribution in [0, 0.1) is 0 Å². The van der Waals surface area contributed by atoms with Crippen LogP contribution in [0.1, 0.15) is 17.5 Å². The molecule has 5 rings (SSSR count). The summed E-state index contributed by atoms with van der Waals surface area (Å²) in [5, 5.41) is 5.34. The first-order valence-electron chi connectivity index (χ1n) is 9.64. The summed E-state index contributed by atoms with van der Waals surface area (Å²) < 4.78 is 1.70. The minimum Gasteiger partial charge on any atom is -0.341 e. The van der Waals surface area contributed by atoms with Gasteiger partial charge in [-0.1, -0.05) is 72.3 Å². The van der Waals surface area contributed by atoms with E-state index in [1.54, 1.807) is 4.68 Å². The maximum Gasteiger partial charge on any atom is 0.244 e. The van der Waals surface area contributed by atoms with E-state index < -0.39 is 0 Å². The highest BCUT2D eigenvalue weighted by Gasteiger charge is 2.30. The Morgan fingerprint density at radius 2 is 1.62 bits per heavy atom. The lowest BCUT2D eigenvalue weighted by molar-refractivity contribution is -0.135. The van der Waals surface area contributed by atoms with Gasteiger partial charge in [0.2, 0.25) is 5.91 Å². The average molecular weight is 406 g/mol. The standard InChI is InChI=1S/C22H20ClN5O/c23-19-18-20(15-8-3-1-4-9-15)26-28(14-17(29)27-12-7-13-27)22(18)25-24-21(19)16-10-5-2-6-11-16/h1-6,8-11,24-25H,7,12-14H2. The lowest BCUT2D eigenvalue weighted by Crippen LogP contribution is -2.44. The molecule has 0 saturated carbocycles. The van der Waals surface area contributed by atoms with Crippen LogP contribution in [0.2, 0.25) is 0 Å². The molecule has 2 N–H and O–H groups in total. The summed E-state index contributed by atoms with van der Waals surface area (Å²) in [5.74, 6) is 0.763. The number of nitrogens with zero attached hydrogens (tertiary/aromatic N) is 3. The highest BCUT2D eigenvalue weighted by atomic mass is 35.5. The fraction of sp³-hybridized carbons (Fsp3) is 0.182. The van der Waals surface area contributed by atoms with E-state index in [-0.39, 0.29) is 12.5 Å². The lowest BCUT2D eigenvalue weighted by Gasteiger charge is -2.31. The van der Waals surface area contributed by atoms with Crippen LogP contribution in [-0.4, -0.2) is 33.7 Å². The number of carbonyl (C=O) groups excluding carboxylic acids is 1. The molecule has 0 spiro atoms. The minimum atomic E-state index is 0.0666. The van der Waals surface area contributed by atoms with Gasteiger partial charge in [-0.05, 0) is 6.42 Å². The first kappa shape index (κ1) is 17.8. The van der Waals surface area contributed by atoms with E-state index in [0.717, 1.165) is 47.6 Å². The second-order valence-corrected chi connectivity index (χ2v) is 7.51.